The van der Waals surface area contributed by atoms with Gasteiger partial charge in [-0.2, -0.15) is 5.10 Å². The summed E-state index contributed by atoms with van der Waals surface area (Å²) in [6.07, 6.45) is 0.774. The summed E-state index contributed by atoms with van der Waals surface area (Å²) in [5.41, 5.74) is 9.79. The molecule has 26 heavy (non-hydrogen) atoms. The van der Waals surface area contributed by atoms with Gasteiger partial charge in [0.15, 0.2) is 11.5 Å². The highest BCUT2D eigenvalue weighted by molar-refractivity contribution is 5.98. The first-order valence-electron chi connectivity index (χ1n) is 8.77. The summed E-state index contributed by atoms with van der Waals surface area (Å²) in [6, 6.07) is 6.08. The predicted octanol–water partition coefficient (Wildman–Crippen LogP) is 3.51. The molecule has 7 nitrogen and oxygen atoms in total. The monoisotopic (exact) mass is 350 g/mol. The smallest absolute Gasteiger partial charge is 0.190 e. The quantitative estimate of drug-likeness (QED) is 0.736. The van der Waals surface area contributed by atoms with Crippen LogP contribution in [-0.4, -0.2) is 25.6 Å². The van der Waals surface area contributed by atoms with E-state index in [1.165, 1.54) is 0 Å². The Hall–Kier alpha value is -2.96. The van der Waals surface area contributed by atoms with Crippen LogP contribution in [-0.2, 0) is 6.42 Å². The number of anilines is 1. The molecule has 1 aliphatic rings. The lowest BCUT2D eigenvalue weighted by Crippen LogP contribution is -2.24. The van der Waals surface area contributed by atoms with E-state index in [9.17, 15) is 0 Å². The molecule has 134 valence electrons. The minimum atomic E-state index is 0.0683. The van der Waals surface area contributed by atoms with E-state index in [0.717, 1.165) is 40.0 Å². The van der Waals surface area contributed by atoms with E-state index in [1.807, 2.05) is 30.7 Å². The highest BCUT2D eigenvalue weighted by Gasteiger charge is 2.24. The molecule has 3 heterocycles. The van der Waals surface area contributed by atoms with Gasteiger partial charge in [0.1, 0.15) is 23.1 Å². The molecule has 0 radical (unpaired) electrons. The molecule has 7 heteroatoms. The van der Waals surface area contributed by atoms with Crippen molar-refractivity contribution >= 4 is 22.7 Å². The molecule has 2 aromatic heterocycles. The summed E-state index contributed by atoms with van der Waals surface area (Å²) in [6.45, 7) is 7.96. The van der Waals surface area contributed by atoms with Crippen LogP contribution < -0.4 is 10.5 Å². The fraction of sp³-hybridized carbons (Fsp3) is 0.368. The number of nitrogens with zero attached hydrogens (tertiary/aromatic N) is 4. The van der Waals surface area contributed by atoms with E-state index in [2.05, 4.69) is 29.9 Å². The van der Waals surface area contributed by atoms with Crippen molar-refractivity contribution in [3.05, 3.63) is 29.6 Å². The lowest BCUT2D eigenvalue weighted by atomic mass is 9.95. The second-order valence-corrected chi connectivity index (χ2v) is 7.14. The number of nitrogens with one attached hydrogen (secondary N) is 1. The number of aryl methyl sites for hydroxylation is 1. The molecule has 0 amide bonds. The first-order valence-corrected chi connectivity index (χ1v) is 8.77. The highest BCUT2D eigenvalue weighted by Crippen LogP contribution is 2.36. The van der Waals surface area contributed by atoms with E-state index in [-0.39, 0.29) is 12.0 Å². The zero-order valence-electron chi connectivity index (χ0n) is 15.4. The van der Waals surface area contributed by atoms with Crippen molar-refractivity contribution in [1.82, 2.24) is 19.7 Å². The number of aromatic nitrogens is 4. The summed E-state index contributed by atoms with van der Waals surface area (Å²) >= 11 is 0. The predicted molar refractivity (Wildman–Crippen MR) is 102 cm³/mol. The number of hydrogen-bond acceptors (Lipinski definition) is 6. The fourth-order valence-electron chi connectivity index (χ4n) is 3.37. The van der Waals surface area contributed by atoms with Gasteiger partial charge in [-0.1, -0.05) is 6.92 Å². The van der Waals surface area contributed by atoms with E-state index < -0.39 is 0 Å². The zero-order chi connectivity index (χ0) is 18.6. The lowest BCUT2D eigenvalue weighted by molar-refractivity contribution is 0.453. The molecule has 1 aromatic carbocycles. The molecule has 1 atom stereocenters. The highest BCUT2D eigenvalue weighted by atomic mass is 16.5. The Balaban J connectivity index is 1.93. The van der Waals surface area contributed by atoms with Crippen LogP contribution in [0.5, 0.6) is 5.75 Å². The van der Waals surface area contributed by atoms with Crippen LogP contribution in [0.2, 0.25) is 0 Å². The van der Waals surface area contributed by atoms with Gasteiger partial charge in [0.2, 0.25) is 0 Å². The third kappa shape index (κ3) is 2.51. The van der Waals surface area contributed by atoms with Gasteiger partial charge in [-0.25, -0.2) is 14.6 Å². The normalized spacial score (nSPS) is 16.8. The lowest BCUT2D eigenvalue weighted by Gasteiger charge is -2.23. The van der Waals surface area contributed by atoms with Gasteiger partial charge in [-0.15, -0.1) is 0 Å². The molecule has 0 bridgehead atoms. The van der Waals surface area contributed by atoms with Crippen LogP contribution in [0.25, 0.3) is 22.3 Å². The Kier molecular flexibility index (Phi) is 3.68. The van der Waals surface area contributed by atoms with Crippen LogP contribution >= 0.6 is 0 Å². The van der Waals surface area contributed by atoms with Crippen molar-refractivity contribution in [2.45, 2.75) is 40.2 Å². The average molecular weight is 350 g/mol. The molecule has 1 unspecified atom stereocenters. The van der Waals surface area contributed by atoms with Crippen molar-refractivity contribution < 1.29 is 4.74 Å². The number of hydrogen-bond donors (Lipinski definition) is 2. The van der Waals surface area contributed by atoms with Crippen molar-refractivity contribution in [3.8, 4) is 17.0 Å². The molecule has 3 aromatic rings. The Bertz CT molecular complexity index is 1040. The molecular weight excluding hydrogens is 328 g/mol. The van der Waals surface area contributed by atoms with Crippen LogP contribution in [0, 0.1) is 18.3 Å². The van der Waals surface area contributed by atoms with Crippen LogP contribution in [0.15, 0.2) is 18.2 Å². The van der Waals surface area contributed by atoms with Gasteiger partial charge in [-0.05, 0) is 51.0 Å². The summed E-state index contributed by atoms with van der Waals surface area (Å²) in [4.78, 5) is 8.90. The van der Waals surface area contributed by atoms with Crippen molar-refractivity contribution in [3.63, 3.8) is 0 Å². The van der Waals surface area contributed by atoms with Crippen molar-refractivity contribution in [2.75, 3.05) is 5.73 Å². The molecule has 0 saturated heterocycles. The molecule has 0 spiro atoms. The van der Waals surface area contributed by atoms with Gasteiger partial charge in [-0.3, -0.25) is 5.41 Å². The topological polar surface area (TPSA) is 103 Å². The molecule has 1 aliphatic heterocycles. The Labute approximate surface area is 151 Å². The Morgan fingerprint density at radius 2 is 2.08 bits per heavy atom. The van der Waals surface area contributed by atoms with E-state index in [4.69, 9.17) is 21.0 Å². The van der Waals surface area contributed by atoms with Crippen LogP contribution in [0.3, 0.4) is 0 Å². The first-order chi connectivity index (χ1) is 12.3. The SMILES string of the molecule is Cc1nc(N)c2c(-c3ccc4c(c3)CC(C)C(=N)O4)nn(C(C)C)c2n1. The molecule has 4 rings (SSSR count). The van der Waals surface area contributed by atoms with E-state index in [0.29, 0.717) is 17.5 Å². The van der Waals surface area contributed by atoms with Gasteiger partial charge in [0, 0.05) is 17.5 Å². The average Bonchev–Trinajstić information content (AvgIpc) is 2.95. The van der Waals surface area contributed by atoms with E-state index in [1.54, 1.807) is 0 Å². The maximum absolute atomic E-state index is 7.88. The number of benzene rings is 1. The number of rotatable bonds is 2. The number of nitrogens with two attached hydrogens (primary N) is 1. The van der Waals surface area contributed by atoms with Crippen LogP contribution in [0.4, 0.5) is 5.82 Å². The second-order valence-electron chi connectivity index (χ2n) is 7.14. The molecule has 0 saturated carbocycles. The zero-order valence-corrected chi connectivity index (χ0v) is 15.4. The third-order valence-electron chi connectivity index (χ3n) is 4.71. The maximum atomic E-state index is 7.88. The summed E-state index contributed by atoms with van der Waals surface area (Å²) in [7, 11) is 0. The minimum absolute atomic E-state index is 0.0683. The Morgan fingerprint density at radius 1 is 1.31 bits per heavy atom. The van der Waals surface area contributed by atoms with Crippen molar-refractivity contribution in [1.29, 1.82) is 5.41 Å². The second kappa shape index (κ2) is 5.79. The first kappa shape index (κ1) is 16.5. The van der Waals surface area contributed by atoms with Gasteiger partial charge in [0.25, 0.3) is 0 Å². The summed E-state index contributed by atoms with van der Waals surface area (Å²) in [5.74, 6) is 2.20. The minimum Gasteiger partial charge on any atom is -0.443 e. The largest absolute Gasteiger partial charge is 0.443 e. The summed E-state index contributed by atoms with van der Waals surface area (Å²) < 4.78 is 7.51. The Morgan fingerprint density at radius 3 is 2.81 bits per heavy atom. The standard InChI is InChI=1S/C19H22N6O/c1-9(2)25-19-15(17(20)22-11(4)23-19)16(24-25)12-5-6-14-13(8-12)7-10(3)18(21)26-14/h5-6,8-10,21H,7H2,1-4H3,(H2,20,22,23). The third-order valence-corrected chi connectivity index (χ3v) is 4.71. The number of fused-ring (bicyclic) bond motifs is 2. The maximum Gasteiger partial charge on any atom is 0.190 e. The molecule has 3 N–H and O–H groups in total. The molecule has 0 fully saturated rings. The molecular formula is C19H22N6O. The number of ether oxygens (including phenoxy) is 1. The summed E-state index contributed by atoms with van der Waals surface area (Å²) in [5, 5.41) is 13.5. The molecule has 0 aliphatic carbocycles. The number of nitrogen functional groups attached to an aromatic ring is 1. The fourth-order valence-corrected chi connectivity index (χ4v) is 3.37. The van der Waals surface area contributed by atoms with Gasteiger partial charge in [0.05, 0.1) is 5.39 Å². The van der Waals surface area contributed by atoms with Crippen molar-refractivity contribution in [2.24, 2.45) is 5.92 Å². The van der Waals surface area contributed by atoms with Crippen LogP contribution in [0.1, 0.15) is 38.2 Å². The van der Waals surface area contributed by atoms with Gasteiger partial charge < -0.3 is 10.5 Å². The van der Waals surface area contributed by atoms with E-state index >= 15 is 0 Å². The van der Waals surface area contributed by atoms with Gasteiger partial charge >= 0.3 is 0 Å².